The zero-order valence-electron chi connectivity index (χ0n) is 38.8. The number of carbonyl (C=O) groups is 3. The highest BCUT2D eigenvalue weighted by Gasteiger charge is 2.19. The van der Waals surface area contributed by atoms with Gasteiger partial charge in [0.1, 0.15) is 13.2 Å². The van der Waals surface area contributed by atoms with Crippen LogP contribution < -0.4 is 0 Å². The molecule has 6 nitrogen and oxygen atoms in total. The van der Waals surface area contributed by atoms with Crippen molar-refractivity contribution in [2.75, 3.05) is 13.2 Å². The van der Waals surface area contributed by atoms with E-state index in [0.29, 0.717) is 19.3 Å². The second-order valence-corrected chi connectivity index (χ2v) is 17.1. The van der Waals surface area contributed by atoms with Gasteiger partial charge in [-0.25, -0.2) is 0 Å². The van der Waals surface area contributed by atoms with Crippen molar-refractivity contribution in [2.24, 2.45) is 0 Å². The fourth-order valence-electron chi connectivity index (χ4n) is 7.36. The Hall–Kier alpha value is -2.11. The summed E-state index contributed by atoms with van der Waals surface area (Å²) in [5.74, 6) is -0.866. The second kappa shape index (κ2) is 47.6. The zero-order chi connectivity index (χ0) is 42.3. The summed E-state index contributed by atoms with van der Waals surface area (Å²) < 4.78 is 16.8. The fraction of sp³-hybridized carbons (Fsp3) is 0.865. The van der Waals surface area contributed by atoms with E-state index in [1.807, 2.05) is 0 Å². The molecule has 0 N–H and O–H groups in total. The SMILES string of the molecule is CCCCC/C=C\C/C=C\CCCCCCCCCC(=O)OC[C@@H](COC(=O)CCCCCCCCCCCCC)OC(=O)CCCCCCCCCCCCCC. The van der Waals surface area contributed by atoms with Gasteiger partial charge in [-0.15, -0.1) is 0 Å². The Morgan fingerprint density at radius 3 is 0.983 bits per heavy atom. The van der Waals surface area contributed by atoms with Crippen molar-refractivity contribution in [1.82, 2.24) is 0 Å². The molecule has 0 saturated heterocycles. The van der Waals surface area contributed by atoms with Crippen molar-refractivity contribution in [3.05, 3.63) is 24.3 Å². The van der Waals surface area contributed by atoms with Crippen LogP contribution in [0.1, 0.15) is 271 Å². The molecule has 0 spiro atoms. The van der Waals surface area contributed by atoms with Crippen molar-refractivity contribution in [3.8, 4) is 0 Å². The van der Waals surface area contributed by atoms with E-state index in [4.69, 9.17) is 14.2 Å². The minimum absolute atomic E-state index is 0.0692. The molecule has 0 rings (SSSR count). The van der Waals surface area contributed by atoms with Gasteiger partial charge in [-0.05, 0) is 51.4 Å². The fourth-order valence-corrected chi connectivity index (χ4v) is 7.36. The summed E-state index contributed by atoms with van der Waals surface area (Å²) in [7, 11) is 0. The van der Waals surface area contributed by atoms with Gasteiger partial charge < -0.3 is 14.2 Å². The second-order valence-electron chi connectivity index (χ2n) is 17.1. The van der Waals surface area contributed by atoms with E-state index >= 15 is 0 Å². The molecule has 0 unspecified atom stereocenters. The van der Waals surface area contributed by atoms with Gasteiger partial charge in [-0.3, -0.25) is 14.4 Å². The number of ether oxygens (including phenoxy) is 3. The van der Waals surface area contributed by atoms with Crippen LogP contribution in [0.4, 0.5) is 0 Å². The molecule has 1 atom stereocenters. The van der Waals surface area contributed by atoms with E-state index < -0.39 is 6.10 Å². The lowest BCUT2D eigenvalue weighted by Gasteiger charge is -2.18. The summed E-state index contributed by atoms with van der Waals surface area (Å²) in [6.45, 7) is 6.62. The molecule has 0 amide bonds. The Morgan fingerprint density at radius 2 is 0.621 bits per heavy atom. The van der Waals surface area contributed by atoms with Crippen molar-refractivity contribution >= 4 is 17.9 Å². The van der Waals surface area contributed by atoms with E-state index in [1.165, 1.54) is 161 Å². The molecule has 0 radical (unpaired) electrons. The molecule has 340 valence electrons. The number of unbranched alkanes of at least 4 members (excludes halogenated alkanes) is 31. The smallest absolute Gasteiger partial charge is 0.306 e. The predicted molar refractivity (Wildman–Crippen MR) is 247 cm³/mol. The first-order valence-electron chi connectivity index (χ1n) is 25.3. The summed E-state index contributed by atoms with van der Waals surface area (Å²) in [4.78, 5) is 37.9. The van der Waals surface area contributed by atoms with E-state index in [9.17, 15) is 14.4 Å². The first-order chi connectivity index (χ1) is 28.5. The minimum Gasteiger partial charge on any atom is -0.462 e. The van der Waals surface area contributed by atoms with Gasteiger partial charge in [0, 0.05) is 19.3 Å². The Labute approximate surface area is 360 Å². The maximum Gasteiger partial charge on any atom is 0.306 e. The molecule has 0 aromatic rings. The van der Waals surface area contributed by atoms with Crippen LogP contribution >= 0.6 is 0 Å². The van der Waals surface area contributed by atoms with Crippen LogP contribution in [0.3, 0.4) is 0 Å². The average Bonchev–Trinajstić information content (AvgIpc) is 3.22. The Morgan fingerprint density at radius 1 is 0.345 bits per heavy atom. The minimum atomic E-state index is -0.767. The van der Waals surface area contributed by atoms with E-state index in [-0.39, 0.29) is 31.1 Å². The summed E-state index contributed by atoms with van der Waals surface area (Å²) in [6.07, 6.45) is 53.0. The Balaban J connectivity index is 4.32. The van der Waals surface area contributed by atoms with Crippen LogP contribution in [0.15, 0.2) is 24.3 Å². The number of carbonyl (C=O) groups excluding carboxylic acids is 3. The Bertz CT molecular complexity index is 942. The first kappa shape index (κ1) is 55.9. The summed E-state index contributed by atoms with van der Waals surface area (Å²) in [5, 5.41) is 0. The molecule has 0 bridgehead atoms. The van der Waals surface area contributed by atoms with E-state index in [2.05, 4.69) is 45.1 Å². The zero-order valence-corrected chi connectivity index (χ0v) is 38.8. The molecule has 0 saturated carbocycles. The van der Waals surface area contributed by atoms with Crippen LogP contribution in [-0.4, -0.2) is 37.2 Å². The highest BCUT2D eigenvalue weighted by atomic mass is 16.6. The molecule has 0 aliphatic heterocycles. The standard InChI is InChI=1S/C52H96O6/c1-4-7-10-13-16-19-22-24-25-26-27-28-31-33-36-39-42-45-51(54)57-48-49(47-56-50(53)44-41-38-35-32-29-21-18-15-12-9-6-3)58-52(55)46-43-40-37-34-30-23-20-17-14-11-8-5-2/h16,19,24-25,49H,4-15,17-18,20-23,26-48H2,1-3H3/b19-16-,25-24-/t49-/m1/s1. The van der Waals surface area contributed by atoms with Crippen molar-refractivity contribution in [3.63, 3.8) is 0 Å². The summed E-state index contributed by atoms with van der Waals surface area (Å²) in [5.41, 5.74) is 0. The van der Waals surface area contributed by atoms with Crippen LogP contribution in [0.5, 0.6) is 0 Å². The van der Waals surface area contributed by atoms with Crippen LogP contribution in [0.2, 0.25) is 0 Å². The van der Waals surface area contributed by atoms with Crippen LogP contribution in [0.25, 0.3) is 0 Å². The van der Waals surface area contributed by atoms with E-state index in [0.717, 1.165) is 70.6 Å². The topological polar surface area (TPSA) is 78.9 Å². The van der Waals surface area contributed by atoms with Crippen LogP contribution in [0, 0.1) is 0 Å². The molecule has 6 heteroatoms. The first-order valence-corrected chi connectivity index (χ1v) is 25.3. The molecule has 58 heavy (non-hydrogen) atoms. The normalized spacial score (nSPS) is 12.1. The number of rotatable bonds is 46. The van der Waals surface area contributed by atoms with Gasteiger partial charge >= 0.3 is 17.9 Å². The van der Waals surface area contributed by atoms with Gasteiger partial charge in [0.2, 0.25) is 0 Å². The lowest BCUT2D eigenvalue weighted by Crippen LogP contribution is -2.30. The maximum absolute atomic E-state index is 12.7. The predicted octanol–water partition coefficient (Wildman–Crippen LogP) is 16.4. The molecule has 0 fully saturated rings. The highest BCUT2D eigenvalue weighted by molar-refractivity contribution is 5.71. The molecule has 0 aliphatic rings. The van der Waals surface area contributed by atoms with Crippen molar-refractivity contribution < 1.29 is 28.6 Å². The summed E-state index contributed by atoms with van der Waals surface area (Å²) >= 11 is 0. The number of esters is 3. The third-order valence-electron chi connectivity index (χ3n) is 11.2. The molecule has 0 aromatic heterocycles. The monoisotopic (exact) mass is 817 g/mol. The summed E-state index contributed by atoms with van der Waals surface area (Å²) in [6, 6.07) is 0. The molecular weight excluding hydrogens is 721 g/mol. The highest BCUT2D eigenvalue weighted by Crippen LogP contribution is 2.15. The molecule has 0 aromatic carbocycles. The lowest BCUT2D eigenvalue weighted by atomic mass is 10.0. The number of allylic oxidation sites excluding steroid dienone is 4. The van der Waals surface area contributed by atoms with Crippen LogP contribution in [-0.2, 0) is 28.6 Å². The van der Waals surface area contributed by atoms with Gasteiger partial charge in [0.25, 0.3) is 0 Å². The van der Waals surface area contributed by atoms with Gasteiger partial charge in [0.15, 0.2) is 6.10 Å². The van der Waals surface area contributed by atoms with Gasteiger partial charge in [0.05, 0.1) is 0 Å². The third kappa shape index (κ3) is 45.0. The van der Waals surface area contributed by atoms with Crippen molar-refractivity contribution in [1.29, 1.82) is 0 Å². The maximum atomic E-state index is 12.7. The number of hydrogen-bond donors (Lipinski definition) is 0. The Kier molecular flexibility index (Phi) is 45.8. The quantitative estimate of drug-likeness (QED) is 0.0263. The van der Waals surface area contributed by atoms with E-state index in [1.54, 1.807) is 0 Å². The largest absolute Gasteiger partial charge is 0.462 e. The molecular formula is C52H96O6. The van der Waals surface area contributed by atoms with Gasteiger partial charge in [-0.2, -0.15) is 0 Å². The molecule has 0 aliphatic carbocycles. The number of hydrogen-bond acceptors (Lipinski definition) is 6. The van der Waals surface area contributed by atoms with Gasteiger partial charge in [-0.1, -0.05) is 225 Å². The van der Waals surface area contributed by atoms with Crippen molar-refractivity contribution in [2.45, 2.75) is 277 Å². The third-order valence-corrected chi connectivity index (χ3v) is 11.2. The average molecular weight is 817 g/mol. The molecule has 0 heterocycles. The lowest BCUT2D eigenvalue weighted by molar-refractivity contribution is -0.167.